The molecule has 0 bridgehead atoms. The molecule has 1 aromatic rings. The van der Waals surface area contributed by atoms with E-state index in [1.165, 1.54) is 12.8 Å². The van der Waals surface area contributed by atoms with Gasteiger partial charge in [0.1, 0.15) is 5.82 Å². The molecule has 70 valence electrons. The Hall–Kier alpha value is -1.32. The van der Waals surface area contributed by atoms with E-state index in [4.69, 9.17) is 4.74 Å². The first kappa shape index (κ1) is 8.29. The van der Waals surface area contributed by atoms with Crippen LogP contribution < -0.4 is 10.1 Å². The first-order valence-electron chi connectivity index (χ1n) is 4.48. The SMILES string of the molecule is COc1cncc(NCC2CC2)n1. The Kier molecular flexibility index (Phi) is 2.29. The molecular formula is C9H13N3O. The zero-order valence-corrected chi connectivity index (χ0v) is 7.66. The van der Waals surface area contributed by atoms with Crippen LogP contribution in [0.15, 0.2) is 12.4 Å². The van der Waals surface area contributed by atoms with Gasteiger partial charge in [-0.25, -0.2) is 0 Å². The van der Waals surface area contributed by atoms with Crippen LogP contribution in [0.25, 0.3) is 0 Å². The van der Waals surface area contributed by atoms with Gasteiger partial charge in [0.25, 0.3) is 0 Å². The average Bonchev–Trinajstić information content (AvgIpc) is 2.99. The maximum absolute atomic E-state index is 4.96. The molecule has 1 saturated carbocycles. The molecule has 1 aromatic heterocycles. The predicted molar refractivity (Wildman–Crippen MR) is 49.8 cm³/mol. The maximum Gasteiger partial charge on any atom is 0.233 e. The van der Waals surface area contributed by atoms with Crippen molar-refractivity contribution in [3.8, 4) is 5.88 Å². The van der Waals surface area contributed by atoms with Crippen LogP contribution in [-0.2, 0) is 0 Å². The van der Waals surface area contributed by atoms with E-state index in [1.54, 1.807) is 19.5 Å². The lowest BCUT2D eigenvalue weighted by molar-refractivity contribution is 0.396. The molecular weight excluding hydrogens is 166 g/mol. The van der Waals surface area contributed by atoms with E-state index in [1.807, 2.05) is 0 Å². The van der Waals surface area contributed by atoms with Crippen molar-refractivity contribution in [2.45, 2.75) is 12.8 Å². The van der Waals surface area contributed by atoms with Crippen LogP contribution >= 0.6 is 0 Å². The molecule has 0 radical (unpaired) electrons. The van der Waals surface area contributed by atoms with Crippen molar-refractivity contribution in [2.75, 3.05) is 19.0 Å². The largest absolute Gasteiger partial charge is 0.480 e. The standard InChI is InChI=1S/C9H13N3O/c1-13-9-6-10-5-8(12-9)11-4-7-2-3-7/h5-7H,2-4H2,1H3,(H,11,12). The third-order valence-electron chi connectivity index (χ3n) is 2.09. The van der Waals surface area contributed by atoms with E-state index < -0.39 is 0 Å². The number of nitrogens with one attached hydrogen (secondary N) is 1. The maximum atomic E-state index is 4.96. The highest BCUT2D eigenvalue weighted by molar-refractivity contribution is 5.33. The van der Waals surface area contributed by atoms with Gasteiger partial charge in [0.15, 0.2) is 0 Å². The normalized spacial score (nSPS) is 15.5. The Morgan fingerprint density at radius 1 is 1.54 bits per heavy atom. The van der Waals surface area contributed by atoms with E-state index in [-0.39, 0.29) is 0 Å². The fraction of sp³-hybridized carbons (Fsp3) is 0.556. The minimum atomic E-state index is 0.556. The van der Waals surface area contributed by atoms with Crippen molar-refractivity contribution in [1.82, 2.24) is 9.97 Å². The second-order valence-electron chi connectivity index (χ2n) is 3.27. The van der Waals surface area contributed by atoms with Crippen molar-refractivity contribution in [3.05, 3.63) is 12.4 Å². The molecule has 0 unspecified atom stereocenters. The Morgan fingerprint density at radius 3 is 3.08 bits per heavy atom. The molecule has 0 amide bonds. The summed E-state index contributed by atoms with van der Waals surface area (Å²) in [4.78, 5) is 8.20. The van der Waals surface area contributed by atoms with Gasteiger partial charge in [0.2, 0.25) is 5.88 Å². The number of hydrogen-bond donors (Lipinski definition) is 1. The lowest BCUT2D eigenvalue weighted by Gasteiger charge is -2.04. The van der Waals surface area contributed by atoms with Gasteiger partial charge < -0.3 is 10.1 Å². The van der Waals surface area contributed by atoms with Gasteiger partial charge in [0.05, 0.1) is 19.5 Å². The van der Waals surface area contributed by atoms with Gasteiger partial charge in [-0.1, -0.05) is 0 Å². The van der Waals surface area contributed by atoms with E-state index >= 15 is 0 Å². The molecule has 1 aliphatic rings. The summed E-state index contributed by atoms with van der Waals surface area (Å²) < 4.78 is 4.96. The molecule has 4 heteroatoms. The van der Waals surface area contributed by atoms with Crippen molar-refractivity contribution >= 4 is 5.82 Å². The lowest BCUT2D eigenvalue weighted by Crippen LogP contribution is -2.05. The summed E-state index contributed by atoms with van der Waals surface area (Å²) in [6, 6.07) is 0. The number of ether oxygens (including phenoxy) is 1. The summed E-state index contributed by atoms with van der Waals surface area (Å²) in [5.41, 5.74) is 0. The molecule has 0 aromatic carbocycles. The zero-order chi connectivity index (χ0) is 9.10. The van der Waals surface area contributed by atoms with E-state index in [2.05, 4.69) is 15.3 Å². The third-order valence-corrected chi connectivity index (χ3v) is 2.09. The minimum absolute atomic E-state index is 0.556. The van der Waals surface area contributed by atoms with Crippen LogP contribution in [0.2, 0.25) is 0 Å². The number of hydrogen-bond acceptors (Lipinski definition) is 4. The first-order chi connectivity index (χ1) is 6.38. The van der Waals surface area contributed by atoms with Crippen LogP contribution in [0.4, 0.5) is 5.82 Å². The molecule has 1 fully saturated rings. The van der Waals surface area contributed by atoms with Gasteiger partial charge in [-0.15, -0.1) is 0 Å². The number of rotatable bonds is 4. The smallest absolute Gasteiger partial charge is 0.233 e. The van der Waals surface area contributed by atoms with Gasteiger partial charge in [0, 0.05) is 6.54 Å². The molecule has 1 N–H and O–H groups in total. The van der Waals surface area contributed by atoms with Gasteiger partial charge in [-0.3, -0.25) is 4.98 Å². The van der Waals surface area contributed by atoms with E-state index in [0.29, 0.717) is 5.88 Å². The second kappa shape index (κ2) is 3.60. The van der Waals surface area contributed by atoms with Crippen molar-refractivity contribution in [1.29, 1.82) is 0 Å². The highest BCUT2D eigenvalue weighted by atomic mass is 16.5. The van der Waals surface area contributed by atoms with Crippen LogP contribution in [0.5, 0.6) is 5.88 Å². The third kappa shape index (κ3) is 2.31. The predicted octanol–water partition coefficient (Wildman–Crippen LogP) is 1.31. The molecule has 0 saturated heterocycles. The lowest BCUT2D eigenvalue weighted by atomic mass is 10.4. The topological polar surface area (TPSA) is 47.0 Å². The van der Waals surface area contributed by atoms with Crippen LogP contribution in [0.1, 0.15) is 12.8 Å². The van der Waals surface area contributed by atoms with Crippen LogP contribution in [0.3, 0.4) is 0 Å². The molecule has 1 aliphatic carbocycles. The molecule has 4 nitrogen and oxygen atoms in total. The van der Waals surface area contributed by atoms with Crippen molar-refractivity contribution < 1.29 is 4.74 Å². The van der Waals surface area contributed by atoms with Crippen LogP contribution in [-0.4, -0.2) is 23.6 Å². The summed E-state index contributed by atoms with van der Waals surface area (Å²) in [7, 11) is 1.59. The fourth-order valence-electron chi connectivity index (χ4n) is 1.10. The Bertz CT molecular complexity index is 286. The van der Waals surface area contributed by atoms with Crippen molar-refractivity contribution in [3.63, 3.8) is 0 Å². The minimum Gasteiger partial charge on any atom is -0.480 e. The van der Waals surface area contributed by atoms with Gasteiger partial charge in [-0.05, 0) is 18.8 Å². The molecule has 1 heterocycles. The fourth-order valence-corrected chi connectivity index (χ4v) is 1.10. The average molecular weight is 179 g/mol. The monoisotopic (exact) mass is 179 g/mol. The number of methoxy groups -OCH3 is 1. The Labute approximate surface area is 77.4 Å². The summed E-state index contributed by atoms with van der Waals surface area (Å²) in [5, 5.41) is 3.23. The highest BCUT2D eigenvalue weighted by Gasteiger charge is 2.20. The molecule has 0 aliphatic heterocycles. The number of anilines is 1. The second-order valence-corrected chi connectivity index (χ2v) is 3.27. The Morgan fingerprint density at radius 2 is 2.38 bits per heavy atom. The Balaban J connectivity index is 1.93. The van der Waals surface area contributed by atoms with Gasteiger partial charge >= 0.3 is 0 Å². The quantitative estimate of drug-likeness (QED) is 0.757. The molecule has 13 heavy (non-hydrogen) atoms. The highest BCUT2D eigenvalue weighted by Crippen LogP contribution is 2.28. The van der Waals surface area contributed by atoms with Crippen LogP contribution in [0, 0.1) is 5.92 Å². The zero-order valence-electron chi connectivity index (χ0n) is 7.66. The summed E-state index contributed by atoms with van der Waals surface area (Å²) in [6.45, 7) is 1.00. The van der Waals surface area contributed by atoms with Gasteiger partial charge in [-0.2, -0.15) is 4.98 Å². The van der Waals surface area contributed by atoms with Crippen molar-refractivity contribution in [2.24, 2.45) is 5.92 Å². The molecule has 0 spiro atoms. The summed E-state index contributed by atoms with van der Waals surface area (Å²) >= 11 is 0. The summed E-state index contributed by atoms with van der Waals surface area (Å²) in [6.07, 6.45) is 5.99. The molecule has 0 atom stereocenters. The van der Waals surface area contributed by atoms with E-state index in [0.717, 1.165) is 18.3 Å². The molecule has 2 rings (SSSR count). The number of nitrogens with zero attached hydrogens (tertiary/aromatic N) is 2. The van der Waals surface area contributed by atoms with E-state index in [9.17, 15) is 0 Å². The first-order valence-corrected chi connectivity index (χ1v) is 4.48. The number of aromatic nitrogens is 2. The summed E-state index contributed by atoms with van der Waals surface area (Å²) in [5.74, 6) is 2.19.